The fraction of sp³-hybridized carbons (Fsp3) is 0.333. The minimum atomic E-state index is -3.80. The Hall–Kier alpha value is -2.58. The number of hydrogen-bond acceptors (Lipinski definition) is 4. The summed E-state index contributed by atoms with van der Waals surface area (Å²) in [5.41, 5.74) is 2.10. The van der Waals surface area contributed by atoms with Gasteiger partial charge >= 0.3 is 0 Å². The molecule has 0 aromatic heterocycles. The van der Waals surface area contributed by atoms with Gasteiger partial charge in [-0.05, 0) is 31.5 Å². The number of carbonyl (C=O) groups is 2. The van der Waals surface area contributed by atoms with Gasteiger partial charge in [-0.1, -0.05) is 53.6 Å². The number of para-hydroxylation sites is 1. The van der Waals surface area contributed by atoms with E-state index in [9.17, 15) is 18.0 Å². The molecule has 0 radical (unpaired) electrons. The Kier molecular flexibility index (Phi) is 7.86. The van der Waals surface area contributed by atoms with Gasteiger partial charge in [0.15, 0.2) is 0 Å². The fourth-order valence-corrected chi connectivity index (χ4v) is 4.08. The van der Waals surface area contributed by atoms with Crippen LogP contribution in [-0.2, 0) is 26.2 Å². The Balaban J connectivity index is 2.38. The Morgan fingerprint density at radius 2 is 1.70 bits per heavy atom. The molecule has 0 saturated heterocycles. The molecule has 1 N–H and O–H groups in total. The smallest absolute Gasteiger partial charge is 0.244 e. The van der Waals surface area contributed by atoms with Gasteiger partial charge in [-0.15, -0.1) is 0 Å². The molecule has 0 aliphatic carbocycles. The summed E-state index contributed by atoms with van der Waals surface area (Å²) in [5, 5.41) is 2.74. The highest BCUT2D eigenvalue weighted by molar-refractivity contribution is 7.92. The number of carbonyl (C=O) groups excluding carboxylic acids is 2. The van der Waals surface area contributed by atoms with Crippen LogP contribution in [0.1, 0.15) is 18.1 Å². The number of halogens is 1. The van der Waals surface area contributed by atoms with Crippen molar-refractivity contribution in [2.45, 2.75) is 26.4 Å². The lowest BCUT2D eigenvalue weighted by atomic mass is 10.1. The lowest BCUT2D eigenvalue weighted by Crippen LogP contribution is -2.50. The summed E-state index contributed by atoms with van der Waals surface area (Å²) in [6, 6.07) is 13.2. The van der Waals surface area contributed by atoms with Crippen LogP contribution in [0.3, 0.4) is 0 Å². The molecule has 0 heterocycles. The lowest BCUT2D eigenvalue weighted by Gasteiger charge is -2.31. The van der Waals surface area contributed by atoms with Crippen molar-refractivity contribution in [3.63, 3.8) is 0 Å². The Labute approximate surface area is 182 Å². The van der Waals surface area contributed by atoms with E-state index in [0.29, 0.717) is 0 Å². The van der Waals surface area contributed by atoms with Crippen LogP contribution in [0.15, 0.2) is 48.5 Å². The fourth-order valence-electron chi connectivity index (χ4n) is 2.93. The summed E-state index contributed by atoms with van der Waals surface area (Å²) in [6.07, 6.45) is 1.01. The van der Waals surface area contributed by atoms with Gasteiger partial charge < -0.3 is 10.2 Å². The first-order valence-electron chi connectivity index (χ1n) is 9.33. The number of likely N-dealkylation sites (N-methyl/N-ethyl adjacent to an activating group) is 1. The first-order valence-corrected chi connectivity index (χ1v) is 11.6. The number of rotatable bonds is 8. The predicted molar refractivity (Wildman–Crippen MR) is 119 cm³/mol. The van der Waals surface area contributed by atoms with Crippen LogP contribution in [0.25, 0.3) is 0 Å². The molecule has 162 valence electrons. The molecule has 2 aromatic rings. The predicted octanol–water partition coefficient (Wildman–Crippen LogP) is 2.58. The van der Waals surface area contributed by atoms with E-state index >= 15 is 0 Å². The maximum Gasteiger partial charge on any atom is 0.244 e. The maximum atomic E-state index is 13.2. The highest BCUT2D eigenvalue weighted by Gasteiger charge is 2.30. The Morgan fingerprint density at radius 3 is 2.23 bits per heavy atom. The molecule has 0 aliphatic heterocycles. The van der Waals surface area contributed by atoms with Crippen LogP contribution in [-0.4, -0.2) is 51.0 Å². The van der Waals surface area contributed by atoms with Crippen LogP contribution in [0.4, 0.5) is 5.69 Å². The van der Waals surface area contributed by atoms with Crippen molar-refractivity contribution in [2.24, 2.45) is 0 Å². The Bertz CT molecular complexity index is 1010. The molecule has 1 atom stereocenters. The van der Waals surface area contributed by atoms with Crippen molar-refractivity contribution < 1.29 is 18.0 Å². The number of sulfonamides is 1. The van der Waals surface area contributed by atoms with Crippen molar-refractivity contribution in [2.75, 3.05) is 24.2 Å². The van der Waals surface area contributed by atoms with Gasteiger partial charge in [-0.3, -0.25) is 13.9 Å². The second-order valence-electron chi connectivity index (χ2n) is 7.02. The van der Waals surface area contributed by atoms with Crippen LogP contribution in [0.2, 0.25) is 5.02 Å². The van der Waals surface area contributed by atoms with Gasteiger partial charge in [0.05, 0.1) is 17.0 Å². The number of anilines is 1. The third kappa shape index (κ3) is 5.96. The van der Waals surface area contributed by atoms with E-state index in [2.05, 4.69) is 5.32 Å². The van der Waals surface area contributed by atoms with E-state index in [1.807, 2.05) is 31.2 Å². The van der Waals surface area contributed by atoms with Crippen molar-refractivity contribution in [1.82, 2.24) is 10.2 Å². The SMILES string of the molecule is CNC(=O)C(C)N(Cc1ccc(C)cc1)C(=O)CN(c1ccccc1Cl)S(C)(=O)=O. The van der Waals surface area contributed by atoms with E-state index < -0.39 is 28.5 Å². The molecule has 0 saturated carbocycles. The number of hydrogen-bond donors (Lipinski definition) is 1. The molecule has 2 amide bonds. The average molecular weight is 452 g/mol. The molecule has 30 heavy (non-hydrogen) atoms. The number of aryl methyl sites for hydroxylation is 1. The molecule has 9 heteroatoms. The normalized spacial score (nSPS) is 12.2. The number of nitrogens with zero attached hydrogens (tertiary/aromatic N) is 2. The average Bonchev–Trinajstić information content (AvgIpc) is 2.70. The molecular formula is C21H26ClN3O4S. The highest BCUT2D eigenvalue weighted by atomic mass is 35.5. The summed E-state index contributed by atoms with van der Waals surface area (Å²) < 4.78 is 25.8. The van der Waals surface area contributed by atoms with Gasteiger partial charge in [0.25, 0.3) is 0 Å². The van der Waals surface area contributed by atoms with E-state index in [4.69, 9.17) is 11.6 Å². The summed E-state index contributed by atoms with van der Waals surface area (Å²) in [5.74, 6) is -0.865. The summed E-state index contributed by atoms with van der Waals surface area (Å²) >= 11 is 6.17. The number of amides is 2. The van der Waals surface area contributed by atoms with E-state index in [1.165, 1.54) is 18.0 Å². The first-order chi connectivity index (χ1) is 14.0. The largest absolute Gasteiger partial charge is 0.357 e. The second kappa shape index (κ2) is 9.95. The zero-order valence-corrected chi connectivity index (χ0v) is 19.0. The van der Waals surface area contributed by atoms with Gasteiger partial charge in [-0.2, -0.15) is 0 Å². The molecule has 7 nitrogen and oxygen atoms in total. The molecule has 1 unspecified atom stereocenters. The van der Waals surface area contributed by atoms with E-state index in [1.54, 1.807) is 25.1 Å². The van der Waals surface area contributed by atoms with Gasteiger partial charge in [0.2, 0.25) is 21.8 Å². The lowest BCUT2D eigenvalue weighted by molar-refractivity contribution is -0.139. The highest BCUT2D eigenvalue weighted by Crippen LogP contribution is 2.27. The van der Waals surface area contributed by atoms with Gasteiger partial charge in [-0.25, -0.2) is 8.42 Å². The standard InChI is InChI=1S/C21H26ClN3O4S/c1-15-9-11-17(12-10-15)13-24(16(2)21(27)23-3)20(26)14-25(30(4,28)29)19-8-6-5-7-18(19)22/h5-12,16H,13-14H2,1-4H3,(H,23,27). The van der Waals surface area contributed by atoms with E-state index in [-0.39, 0.29) is 23.2 Å². The topological polar surface area (TPSA) is 86.8 Å². The molecule has 2 rings (SSSR count). The van der Waals surface area contributed by atoms with Crippen LogP contribution in [0, 0.1) is 6.92 Å². The number of benzene rings is 2. The third-order valence-electron chi connectivity index (χ3n) is 4.69. The minimum Gasteiger partial charge on any atom is -0.357 e. The maximum absolute atomic E-state index is 13.2. The van der Waals surface area contributed by atoms with E-state index in [0.717, 1.165) is 21.7 Å². The van der Waals surface area contributed by atoms with Gasteiger partial charge in [0, 0.05) is 13.6 Å². The molecule has 0 spiro atoms. The molecular weight excluding hydrogens is 426 g/mol. The first kappa shape index (κ1) is 23.7. The summed E-state index contributed by atoms with van der Waals surface area (Å²) in [6.45, 7) is 3.24. The third-order valence-corrected chi connectivity index (χ3v) is 6.13. The van der Waals surface area contributed by atoms with Crippen molar-refractivity contribution >= 4 is 39.1 Å². The van der Waals surface area contributed by atoms with Crippen molar-refractivity contribution in [1.29, 1.82) is 0 Å². The van der Waals surface area contributed by atoms with Crippen molar-refractivity contribution in [3.8, 4) is 0 Å². The van der Waals surface area contributed by atoms with Crippen molar-refractivity contribution in [3.05, 3.63) is 64.7 Å². The zero-order chi connectivity index (χ0) is 22.5. The second-order valence-corrected chi connectivity index (χ2v) is 9.33. The zero-order valence-electron chi connectivity index (χ0n) is 17.4. The van der Waals surface area contributed by atoms with Crippen LogP contribution in [0.5, 0.6) is 0 Å². The summed E-state index contributed by atoms with van der Waals surface area (Å²) in [4.78, 5) is 26.8. The van der Waals surface area contributed by atoms with Gasteiger partial charge in [0.1, 0.15) is 12.6 Å². The van der Waals surface area contributed by atoms with Crippen LogP contribution < -0.4 is 9.62 Å². The molecule has 0 fully saturated rings. The minimum absolute atomic E-state index is 0.161. The number of nitrogens with one attached hydrogen (secondary N) is 1. The quantitative estimate of drug-likeness (QED) is 0.668. The Morgan fingerprint density at radius 1 is 1.10 bits per heavy atom. The van der Waals surface area contributed by atoms with Crippen LogP contribution >= 0.6 is 11.6 Å². The summed E-state index contributed by atoms with van der Waals surface area (Å²) in [7, 11) is -2.31. The molecule has 0 aliphatic rings. The monoisotopic (exact) mass is 451 g/mol. The molecule has 2 aromatic carbocycles. The molecule has 0 bridgehead atoms.